The molecule has 4 rings (SSSR count). The molecule has 0 saturated heterocycles. The van der Waals surface area contributed by atoms with E-state index in [4.69, 9.17) is 0 Å². The molecule has 1 N–H and O–H groups in total. The molecule has 0 aliphatic heterocycles. The molecule has 0 bridgehead atoms. The van der Waals surface area contributed by atoms with E-state index < -0.39 is 23.8 Å². The summed E-state index contributed by atoms with van der Waals surface area (Å²) in [6.07, 6.45) is -4.22. The lowest BCUT2D eigenvalue weighted by atomic mass is 9.88. The number of rotatable bonds is 6. The second-order valence-corrected chi connectivity index (χ2v) is 8.34. The van der Waals surface area contributed by atoms with Gasteiger partial charge in [-0.1, -0.05) is 36.9 Å². The molecule has 2 atom stereocenters. The Morgan fingerprint density at radius 1 is 1.09 bits per heavy atom. The van der Waals surface area contributed by atoms with E-state index in [9.17, 15) is 23.1 Å². The number of aliphatic hydroxyl groups is 1. The van der Waals surface area contributed by atoms with E-state index in [1.165, 1.54) is 34.4 Å². The van der Waals surface area contributed by atoms with Crippen LogP contribution in [0.4, 0.5) is 13.2 Å². The first-order valence-electron chi connectivity index (χ1n) is 9.78. The second kappa shape index (κ2) is 8.72. The Bertz CT molecular complexity index is 1300. The fraction of sp³-hybridized carbons (Fsp3) is 0.167. The molecule has 4 nitrogen and oxygen atoms in total. The molecular formula is C24H19F3N2O2S. The molecule has 2 aromatic carbocycles. The summed E-state index contributed by atoms with van der Waals surface area (Å²) in [5.41, 5.74) is 0.400. The number of benzene rings is 2. The number of halogens is 3. The van der Waals surface area contributed by atoms with Gasteiger partial charge in [-0.3, -0.25) is 9.36 Å². The molecule has 2 unspecified atom stereocenters. The van der Waals surface area contributed by atoms with Crippen LogP contribution in [-0.2, 0) is 12.7 Å². The molecule has 0 saturated carbocycles. The van der Waals surface area contributed by atoms with Crippen molar-refractivity contribution in [2.75, 3.05) is 0 Å². The maximum absolute atomic E-state index is 13.0. The van der Waals surface area contributed by atoms with Crippen LogP contribution in [0.25, 0.3) is 16.5 Å². The number of nitrogens with zero attached hydrogens (tertiary/aromatic N) is 2. The van der Waals surface area contributed by atoms with Gasteiger partial charge in [-0.05, 0) is 46.8 Å². The molecule has 2 heterocycles. The summed E-state index contributed by atoms with van der Waals surface area (Å²) in [6.45, 7) is 4.19. The second-order valence-electron chi connectivity index (χ2n) is 7.39. The Hall–Kier alpha value is -3.23. The third-order valence-electron chi connectivity index (χ3n) is 5.37. The van der Waals surface area contributed by atoms with Crippen molar-refractivity contribution in [1.29, 1.82) is 0 Å². The topological polar surface area (TPSA) is 55.1 Å². The minimum Gasteiger partial charge on any atom is -0.388 e. The first-order valence-corrected chi connectivity index (χ1v) is 10.7. The summed E-state index contributed by atoms with van der Waals surface area (Å²) >= 11 is 1.43. The van der Waals surface area contributed by atoms with Gasteiger partial charge in [-0.25, -0.2) is 4.98 Å². The molecule has 8 heteroatoms. The van der Waals surface area contributed by atoms with E-state index in [0.717, 1.165) is 17.0 Å². The summed E-state index contributed by atoms with van der Waals surface area (Å²) in [5, 5.41) is 13.4. The van der Waals surface area contributed by atoms with Crippen molar-refractivity contribution in [3.63, 3.8) is 0 Å². The molecule has 0 radical (unpaired) electrons. The molecular weight excluding hydrogens is 437 g/mol. The Balaban J connectivity index is 1.72. The number of aromatic nitrogens is 2. The number of thiophene rings is 1. The zero-order valence-electron chi connectivity index (χ0n) is 16.8. The van der Waals surface area contributed by atoms with Crippen molar-refractivity contribution in [2.24, 2.45) is 5.92 Å². The highest BCUT2D eigenvalue weighted by molar-refractivity contribution is 7.11. The van der Waals surface area contributed by atoms with Gasteiger partial charge in [0, 0.05) is 17.3 Å². The van der Waals surface area contributed by atoms with E-state index in [2.05, 4.69) is 11.6 Å². The van der Waals surface area contributed by atoms with Crippen LogP contribution in [0.5, 0.6) is 0 Å². The standard InChI is InChI=1S/C24H19F3N2O2S/c1-15(21-7-4-12-32-21)19(22(30)16-8-10-17(11-9-16)24(25,26)27)13-29-14-28-20-6-3-2-5-18(20)23(29)31/h2-12,14,19,22,30H,1,13H2. The van der Waals surface area contributed by atoms with Crippen LogP contribution in [0.3, 0.4) is 0 Å². The van der Waals surface area contributed by atoms with E-state index >= 15 is 0 Å². The van der Waals surface area contributed by atoms with Crippen LogP contribution in [0.1, 0.15) is 22.1 Å². The molecule has 0 aliphatic rings. The lowest BCUT2D eigenvalue weighted by Gasteiger charge is -2.26. The minimum absolute atomic E-state index is 0.0651. The number of hydrogen-bond acceptors (Lipinski definition) is 4. The molecule has 2 aromatic heterocycles. The molecule has 0 spiro atoms. The third kappa shape index (κ3) is 4.37. The smallest absolute Gasteiger partial charge is 0.388 e. The maximum atomic E-state index is 13.0. The predicted octanol–water partition coefficient (Wildman–Crippen LogP) is 5.54. The van der Waals surface area contributed by atoms with Gasteiger partial charge in [-0.2, -0.15) is 13.2 Å². The number of hydrogen-bond donors (Lipinski definition) is 1. The average molecular weight is 456 g/mol. The summed E-state index contributed by atoms with van der Waals surface area (Å²) in [4.78, 5) is 18.1. The van der Waals surface area contributed by atoms with Crippen molar-refractivity contribution >= 4 is 27.8 Å². The fourth-order valence-electron chi connectivity index (χ4n) is 3.59. The Kier molecular flexibility index (Phi) is 5.99. The fourth-order valence-corrected chi connectivity index (χ4v) is 4.36. The molecule has 0 aliphatic carbocycles. The predicted molar refractivity (Wildman–Crippen MR) is 119 cm³/mol. The molecule has 0 amide bonds. The Morgan fingerprint density at radius 2 is 1.81 bits per heavy atom. The number of fused-ring (bicyclic) bond motifs is 1. The first-order chi connectivity index (χ1) is 15.3. The van der Waals surface area contributed by atoms with E-state index in [1.807, 2.05) is 17.5 Å². The van der Waals surface area contributed by atoms with E-state index in [1.54, 1.807) is 24.3 Å². The van der Waals surface area contributed by atoms with Crippen molar-refractivity contribution in [3.8, 4) is 0 Å². The number of alkyl halides is 3. The van der Waals surface area contributed by atoms with Gasteiger partial charge in [0.25, 0.3) is 5.56 Å². The van der Waals surface area contributed by atoms with Gasteiger partial charge in [0.2, 0.25) is 0 Å². The third-order valence-corrected chi connectivity index (χ3v) is 6.32. The highest BCUT2D eigenvalue weighted by Crippen LogP contribution is 2.37. The Labute approximate surface area is 185 Å². The lowest BCUT2D eigenvalue weighted by molar-refractivity contribution is -0.137. The molecule has 0 fully saturated rings. The Morgan fingerprint density at radius 3 is 2.47 bits per heavy atom. The van der Waals surface area contributed by atoms with Crippen LogP contribution in [0, 0.1) is 5.92 Å². The quantitative estimate of drug-likeness (QED) is 0.415. The highest BCUT2D eigenvalue weighted by Gasteiger charge is 2.31. The van der Waals surface area contributed by atoms with Crippen LogP contribution < -0.4 is 5.56 Å². The van der Waals surface area contributed by atoms with Crippen LogP contribution in [0.2, 0.25) is 0 Å². The van der Waals surface area contributed by atoms with Crippen molar-refractivity contribution in [1.82, 2.24) is 9.55 Å². The zero-order valence-corrected chi connectivity index (χ0v) is 17.6. The van der Waals surface area contributed by atoms with Crippen LogP contribution in [0.15, 0.2) is 83.7 Å². The zero-order chi connectivity index (χ0) is 22.9. The summed E-state index contributed by atoms with van der Waals surface area (Å²) in [6, 6.07) is 15.0. The van der Waals surface area contributed by atoms with Gasteiger partial charge in [0.1, 0.15) is 0 Å². The first kappa shape index (κ1) is 22.0. The number of para-hydroxylation sites is 1. The normalized spacial score (nSPS) is 13.8. The highest BCUT2D eigenvalue weighted by atomic mass is 32.1. The number of aliphatic hydroxyl groups excluding tert-OH is 1. The molecule has 32 heavy (non-hydrogen) atoms. The summed E-state index contributed by atoms with van der Waals surface area (Å²) in [7, 11) is 0. The van der Waals surface area contributed by atoms with E-state index in [0.29, 0.717) is 22.0 Å². The summed E-state index contributed by atoms with van der Waals surface area (Å²) in [5.74, 6) is -0.661. The largest absolute Gasteiger partial charge is 0.416 e. The maximum Gasteiger partial charge on any atom is 0.416 e. The molecule has 164 valence electrons. The van der Waals surface area contributed by atoms with Crippen molar-refractivity contribution < 1.29 is 18.3 Å². The van der Waals surface area contributed by atoms with Gasteiger partial charge >= 0.3 is 6.18 Å². The van der Waals surface area contributed by atoms with Crippen molar-refractivity contribution in [3.05, 3.63) is 105 Å². The lowest BCUT2D eigenvalue weighted by Crippen LogP contribution is -2.28. The van der Waals surface area contributed by atoms with Crippen molar-refractivity contribution in [2.45, 2.75) is 18.8 Å². The van der Waals surface area contributed by atoms with Gasteiger partial charge in [0.15, 0.2) is 0 Å². The molecule has 4 aromatic rings. The SMILES string of the molecule is C=C(c1cccs1)C(Cn1cnc2ccccc2c1=O)C(O)c1ccc(C(F)(F)F)cc1. The van der Waals surface area contributed by atoms with Crippen LogP contribution in [-0.4, -0.2) is 14.7 Å². The monoisotopic (exact) mass is 456 g/mol. The van der Waals surface area contributed by atoms with Gasteiger partial charge in [-0.15, -0.1) is 11.3 Å². The van der Waals surface area contributed by atoms with Gasteiger partial charge in [0.05, 0.1) is 28.9 Å². The average Bonchev–Trinajstić information content (AvgIpc) is 3.33. The van der Waals surface area contributed by atoms with E-state index in [-0.39, 0.29) is 12.1 Å². The van der Waals surface area contributed by atoms with Crippen LogP contribution >= 0.6 is 11.3 Å². The summed E-state index contributed by atoms with van der Waals surface area (Å²) < 4.78 is 40.2. The minimum atomic E-state index is -4.46. The van der Waals surface area contributed by atoms with Gasteiger partial charge < -0.3 is 5.11 Å².